The number of aromatic nitrogens is 1. The van der Waals surface area contributed by atoms with Crippen molar-refractivity contribution in [3.63, 3.8) is 0 Å². The van der Waals surface area contributed by atoms with Crippen molar-refractivity contribution in [3.05, 3.63) is 75.5 Å². The number of halogens is 1. The Morgan fingerprint density at radius 3 is 2.48 bits per heavy atom. The predicted molar refractivity (Wildman–Crippen MR) is 108 cm³/mol. The molecule has 140 valence electrons. The molecule has 1 aromatic heterocycles. The van der Waals surface area contributed by atoms with Crippen molar-refractivity contribution in [2.45, 2.75) is 33.7 Å². The van der Waals surface area contributed by atoms with Crippen LogP contribution in [0.3, 0.4) is 0 Å². The molecule has 0 spiro atoms. The van der Waals surface area contributed by atoms with Crippen molar-refractivity contribution in [2.24, 2.45) is 0 Å². The summed E-state index contributed by atoms with van der Waals surface area (Å²) in [5, 5.41) is 6.92. The number of hydrogen-bond acceptors (Lipinski definition) is 4. The predicted octanol–water partition coefficient (Wildman–Crippen LogP) is 5.44. The highest BCUT2D eigenvalue weighted by Gasteiger charge is 2.18. The highest BCUT2D eigenvalue weighted by molar-refractivity contribution is 7.17. The van der Waals surface area contributed by atoms with Gasteiger partial charge in [-0.25, -0.2) is 9.37 Å². The Kier molecular flexibility index (Phi) is 5.56. The summed E-state index contributed by atoms with van der Waals surface area (Å²) in [5.74, 6) is -0.479. The summed E-state index contributed by atoms with van der Waals surface area (Å²) in [7, 11) is 0. The fourth-order valence-electron chi connectivity index (χ4n) is 2.83. The fraction of sp³-hybridized carbons (Fsp3) is 0.238. The molecule has 0 aliphatic rings. The van der Waals surface area contributed by atoms with E-state index >= 15 is 0 Å². The Hall–Kier alpha value is -2.73. The lowest BCUT2D eigenvalue weighted by molar-refractivity contribution is 0.0943. The van der Waals surface area contributed by atoms with E-state index in [9.17, 15) is 9.18 Å². The van der Waals surface area contributed by atoms with E-state index in [0.29, 0.717) is 15.7 Å². The number of nitrogens with one attached hydrogen (secondary N) is 2. The van der Waals surface area contributed by atoms with Crippen LogP contribution in [-0.4, -0.2) is 10.9 Å². The van der Waals surface area contributed by atoms with Crippen LogP contribution in [-0.2, 0) is 0 Å². The molecular weight excluding hydrogens is 361 g/mol. The zero-order chi connectivity index (χ0) is 19.6. The van der Waals surface area contributed by atoms with Gasteiger partial charge in [-0.1, -0.05) is 41.2 Å². The van der Waals surface area contributed by atoms with Gasteiger partial charge in [-0.05, 0) is 57.0 Å². The second kappa shape index (κ2) is 7.88. The highest BCUT2D eigenvalue weighted by Crippen LogP contribution is 2.28. The van der Waals surface area contributed by atoms with Crippen LogP contribution < -0.4 is 10.6 Å². The number of anilines is 2. The maximum absolute atomic E-state index is 13.1. The molecule has 0 radical (unpaired) electrons. The van der Waals surface area contributed by atoms with Gasteiger partial charge in [0.1, 0.15) is 10.7 Å². The van der Waals surface area contributed by atoms with Crippen LogP contribution in [0, 0.1) is 26.6 Å². The van der Waals surface area contributed by atoms with Crippen LogP contribution in [0.4, 0.5) is 15.2 Å². The number of hydrogen-bond donors (Lipinski definition) is 2. The number of carbonyl (C=O) groups excluding carboxylic acids is 1. The number of carbonyl (C=O) groups is 1. The van der Waals surface area contributed by atoms with Gasteiger partial charge in [0.25, 0.3) is 5.91 Å². The van der Waals surface area contributed by atoms with Gasteiger partial charge in [-0.15, -0.1) is 0 Å². The molecular formula is C21H22FN3OS. The van der Waals surface area contributed by atoms with Gasteiger partial charge in [-0.3, -0.25) is 4.79 Å². The molecule has 27 heavy (non-hydrogen) atoms. The third kappa shape index (κ3) is 4.52. The van der Waals surface area contributed by atoms with Crippen molar-refractivity contribution < 1.29 is 9.18 Å². The molecule has 0 aliphatic heterocycles. The van der Waals surface area contributed by atoms with Crippen LogP contribution in [0.25, 0.3) is 0 Å². The maximum atomic E-state index is 13.1. The SMILES string of the molecule is Cc1ccc(Nc2nc(C)c(C(=O)N[C@@H](C)c3ccc(F)cc3)s2)c(C)c1. The second-order valence-electron chi connectivity index (χ2n) is 6.62. The van der Waals surface area contributed by atoms with Crippen molar-refractivity contribution in [2.75, 3.05) is 5.32 Å². The Morgan fingerprint density at radius 1 is 1.11 bits per heavy atom. The van der Waals surface area contributed by atoms with Crippen molar-refractivity contribution in [1.29, 1.82) is 0 Å². The van der Waals surface area contributed by atoms with E-state index < -0.39 is 0 Å². The highest BCUT2D eigenvalue weighted by atomic mass is 32.1. The van der Waals surface area contributed by atoms with E-state index in [2.05, 4.69) is 28.6 Å². The number of benzene rings is 2. The standard InChI is InChI=1S/C21H22FN3OS/c1-12-5-10-18(13(2)11-12)25-21-24-15(4)19(27-21)20(26)23-14(3)16-6-8-17(22)9-7-16/h5-11,14H,1-4H3,(H,23,26)(H,24,25)/t14-/m0/s1. The number of aryl methyl sites for hydroxylation is 3. The first-order chi connectivity index (χ1) is 12.8. The third-order valence-electron chi connectivity index (χ3n) is 4.34. The minimum absolute atomic E-state index is 0.185. The van der Waals surface area contributed by atoms with E-state index in [1.54, 1.807) is 12.1 Å². The number of amides is 1. The van der Waals surface area contributed by atoms with Crippen LogP contribution >= 0.6 is 11.3 Å². The van der Waals surface area contributed by atoms with Gasteiger partial charge in [0.2, 0.25) is 0 Å². The molecule has 3 aromatic rings. The summed E-state index contributed by atoms with van der Waals surface area (Å²) in [5.41, 5.74) is 4.82. The van der Waals surface area contributed by atoms with Crippen molar-refractivity contribution in [3.8, 4) is 0 Å². The van der Waals surface area contributed by atoms with E-state index in [4.69, 9.17) is 0 Å². The zero-order valence-electron chi connectivity index (χ0n) is 15.8. The molecule has 1 heterocycles. The Bertz CT molecular complexity index is 966. The molecule has 0 bridgehead atoms. The van der Waals surface area contributed by atoms with Gasteiger partial charge in [0, 0.05) is 5.69 Å². The minimum Gasteiger partial charge on any atom is -0.345 e. The summed E-state index contributed by atoms with van der Waals surface area (Å²) < 4.78 is 13.1. The first-order valence-electron chi connectivity index (χ1n) is 8.71. The molecule has 2 N–H and O–H groups in total. The van der Waals surface area contributed by atoms with Crippen LogP contribution in [0.5, 0.6) is 0 Å². The van der Waals surface area contributed by atoms with E-state index in [0.717, 1.165) is 16.8 Å². The lowest BCUT2D eigenvalue weighted by Gasteiger charge is -2.13. The summed E-state index contributed by atoms with van der Waals surface area (Å²) in [6.45, 7) is 7.78. The van der Waals surface area contributed by atoms with Gasteiger partial charge in [-0.2, -0.15) is 0 Å². The molecule has 0 saturated carbocycles. The van der Waals surface area contributed by atoms with Crippen LogP contribution in [0.2, 0.25) is 0 Å². The Labute approximate surface area is 162 Å². The van der Waals surface area contributed by atoms with Crippen LogP contribution in [0.15, 0.2) is 42.5 Å². The maximum Gasteiger partial charge on any atom is 0.263 e. The molecule has 4 nitrogen and oxygen atoms in total. The summed E-state index contributed by atoms with van der Waals surface area (Å²) in [6, 6.07) is 12.0. The molecule has 3 rings (SSSR count). The number of nitrogens with zero attached hydrogens (tertiary/aromatic N) is 1. The van der Waals surface area contributed by atoms with E-state index in [1.807, 2.05) is 32.9 Å². The topological polar surface area (TPSA) is 54.0 Å². The average molecular weight is 383 g/mol. The number of rotatable bonds is 5. The van der Waals surface area contributed by atoms with E-state index in [-0.39, 0.29) is 17.8 Å². The molecule has 1 amide bonds. The van der Waals surface area contributed by atoms with E-state index in [1.165, 1.54) is 29.0 Å². The molecule has 2 aromatic carbocycles. The Balaban J connectivity index is 1.73. The van der Waals surface area contributed by atoms with Gasteiger partial charge < -0.3 is 10.6 Å². The largest absolute Gasteiger partial charge is 0.345 e. The minimum atomic E-state index is -0.294. The lowest BCUT2D eigenvalue weighted by Crippen LogP contribution is -2.26. The molecule has 0 fully saturated rings. The quantitative estimate of drug-likeness (QED) is 0.617. The zero-order valence-corrected chi connectivity index (χ0v) is 16.6. The van der Waals surface area contributed by atoms with Crippen LogP contribution in [0.1, 0.15) is 45.0 Å². The summed E-state index contributed by atoms with van der Waals surface area (Å²) in [4.78, 5) is 17.7. The normalized spacial score (nSPS) is 11.9. The first-order valence-corrected chi connectivity index (χ1v) is 9.53. The van der Waals surface area contributed by atoms with Crippen molar-refractivity contribution in [1.82, 2.24) is 10.3 Å². The summed E-state index contributed by atoms with van der Waals surface area (Å²) in [6.07, 6.45) is 0. The molecule has 6 heteroatoms. The smallest absolute Gasteiger partial charge is 0.263 e. The summed E-state index contributed by atoms with van der Waals surface area (Å²) >= 11 is 1.32. The van der Waals surface area contributed by atoms with Gasteiger partial charge >= 0.3 is 0 Å². The van der Waals surface area contributed by atoms with Crippen molar-refractivity contribution >= 4 is 28.1 Å². The average Bonchev–Trinajstić information content (AvgIpc) is 2.98. The second-order valence-corrected chi connectivity index (χ2v) is 7.62. The fourth-order valence-corrected chi connectivity index (χ4v) is 3.71. The monoisotopic (exact) mass is 383 g/mol. The first kappa shape index (κ1) is 19.0. The molecule has 0 aliphatic carbocycles. The number of thiazole rings is 1. The lowest BCUT2D eigenvalue weighted by atomic mass is 10.1. The molecule has 1 atom stereocenters. The Morgan fingerprint density at radius 2 is 1.81 bits per heavy atom. The van der Waals surface area contributed by atoms with Gasteiger partial charge in [0.05, 0.1) is 11.7 Å². The van der Waals surface area contributed by atoms with Gasteiger partial charge in [0.15, 0.2) is 5.13 Å². The molecule has 0 saturated heterocycles. The third-order valence-corrected chi connectivity index (χ3v) is 5.42. The molecule has 0 unspecified atom stereocenters.